The van der Waals surface area contributed by atoms with Gasteiger partial charge in [0, 0.05) is 19.3 Å². The summed E-state index contributed by atoms with van der Waals surface area (Å²) < 4.78 is 28.3. The van der Waals surface area contributed by atoms with Crippen LogP contribution in [0.5, 0.6) is 0 Å². The molecule has 1 aromatic heterocycles. The molecule has 1 rings (SSSR count). The summed E-state index contributed by atoms with van der Waals surface area (Å²) in [5.74, 6) is 0.721. The number of hydrogen-bond acceptors (Lipinski definition) is 4. The molecular formula is C11H22N4O2S. The summed E-state index contributed by atoms with van der Waals surface area (Å²) >= 11 is 0. The smallest absolute Gasteiger partial charge is 0.259 e. The minimum atomic E-state index is -3.48. The highest BCUT2D eigenvalue weighted by Gasteiger charge is 2.18. The van der Waals surface area contributed by atoms with Gasteiger partial charge in [0.05, 0.1) is 0 Å². The Balaban J connectivity index is 2.69. The highest BCUT2D eigenvalue weighted by Crippen LogP contribution is 2.09. The van der Waals surface area contributed by atoms with Gasteiger partial charge in [-0.3, -0.25) is 0 Å². The lowest BCUT2D eigenvalue weighted by atomic mass is 10.3. The van der Waals surface area contributed by atoms with E-state index in [1.165, 1.54) is 0 Å². The van der Waals surface area contributed by atoms with E-state index in [-0.39, 0.29) is 5.03 Å². The molecule has 0 spiro atoms. The number of unbranched alkanes of at least 4 members (excludes halogenated alkanes) is 1. The minimum Gasteiger partial charge on any atom is -0.334 e. The van der Waals surface area contributed by atoms with Crippen LogP contribution in [0.3, 0.4) is 0 Å². The van der Waals surface area contributed by atoms with E-state index in [1.807, 2.05) is 18.4 Å². The van der Waals surface area contributed by atoms with Gasteiger partial charge in [0.2, 0.25) is 0 Å². The van der Waals surface area contributed by atoms with E-state index < -0.39 is 10.0 Å². The number of sulfonamides is 1. The second-order valence-electron chi connectivity index (χ2n) is 4.21. The molecule has 0 aliphatic carbocycles. The number of nitrogens with zero attached hydrogens (tertiary/aromatic N) is 2. The quantitative estimate of drug-likeness (QED) is 0.680. The molecule has 0 aromatic carbocycles. The zero-order valence-corrected chi connectivity index (χ0v) is 11.8. The van der Waals surface area contributed by atoms with Gasteiger partial charge >= 0.3 is 0 Å². The molecule has 0 amide bonds. The van der Waals surface area contributed by atoms with Crippen molar-refractivity contribution in [3.05, 3.63) is 12.0 Å². The Kier molecular flexibility index (Phi) is 5.77. The van der Waals surface area contributed by atoms with Gasteiger partial charge in [0.25, 0.3) is 10.0 Å². The summed E-state index contributed by atoms with van der Waals surface area (Å²) in [6, 6.07) is 0. The Morgan fingerprint density at radius 1 is 1.44 bits per heavy atom. The second kappa shape index (κ2) is 6.86. The Bertz CT molecular complexity index is 467. The largest absolute Gasteiger partial charge is 0.334 e. The first-order chi connectivity index (χ1) is 8.51. The van der Waals surface area contributed by atoms with Crippen molar-refractivity contribution in [1.29, 1.82) is 0 Å². The van der Waals surface area contributed by atoms with E-state index in [0.29, 0.717) is 13.1 Å². The summed E-state index contributed by atoms with van der Waals surface area (Å²) in [5, 5.41) is 0.0983. The predicted molar refractivity (Wildman–Crippen MR) is 70.7 cm³/mol. The number of aromatic nitrogens is 2. The van der Waals surface area contributed by atoms with Gasteiger partial charge in [-0.05, 0) is 32.7 Å². The lowest BCUT2D eigenvalue weighted by Gasteiger charge is -2.03. The van der Waals surface area contributed by atoms with Crippen LogP contribution in [0.4, 0.5) is 0 Å². The fourth-order valence-electron chi connectivity index (χ4n) is 1.63. The Hall–Kier alpha value is -0.920. The molecule has 0 saturated carbocycles. The van der Waals surface area contributed by atoms with Gasteiger partial charge in [-0.2, -0.15) is 0 Å². The first-order valence-electron chi connectivity index (χ1n) is 6.24. The molecule has 18 heavy (non-hydrogen) atoms. The molecule has 0 fully saturated rings. The summed E-state index contributed by atoms with van der Waals surface area (Å²) in [4.78, 5) is 4.09. The zero-order chi connectivity index (χ0) is 13.6. The molecule has 0 radical (unpaired) electrons. The first kappa shape index (κ1) is 15.1. The monoisotopic (exact) mass is 274 g/mol. The van der Waals surface area contributed by atoms with E-state index in [0.717, 1.165) is 31.6 Å². The van der Waals surface area contributed by atoms with Crippen LogP contribution in [0.2, 0.25) is 0 Å². The van der Waals surface area contributed by atoms with E-state index in [4.69, 9.17) is 5.73 Å². The van der Waals surface area contributed by atoms with Gasteiger partial charge in [-0.15, -0.1) is 0 Å². The average Bonchev–Trinajstić information content (AvgIpc) is 2.68. The van der Waals surface area contributed by atoms with Crippen LogP contribution in [0.15, 0.2) is 11.2 Å². The van der Waals surface area contributed by atoms with Crippen molar-refractivity contribution in [1.82, 2.24) is 14.3 Å². The normalized spacial score (nSPS) is 11.9. The summed E-state index contributed by atoms with van der Waals surface area (Å²) in [5.41, 5.74) is 5.35. The molecule has 104 valence electrons. The fourth-order valence-corrected chi connectivity index (χ4v) is 2.71. The topological polar surface area (TPSA) is 90.0 Å². The molecule has 0 bridgehead atoms. The van der Waals surface area contributed by atoms with Crippen LogP contribution in [-0.4, -0.2) is 31.1 Å². The SMILES string of the molecule is CCCn1cc(S(=O)(=O)NCCCCN)nc1C. The number of aryl methyl sites for hydroxylation is 2. The molecule has 0 aliphatic rings. The van der Waals surface area contributed by atoms with Gasteiger partial charge in [0.15, 0.2) is 5.03 Å². The van der Waals surface area contributed by atoms with Crippen LogP contribution in [0, 0.1) is 6.92 Å². The van der Waals surface area contributed by atoms with Crippen molar-refractivity contribution in [2.75, 3.05) is 13.1 Å². The van der Waals surface area contributed by atoms with E-state index in [1.54, 1.807) is 6.20 Å². The van der Waals surface area contributed by atoms with Gasteiger partial charge in [0.1, 0.15) is 5.82 Å². The maximum atomic E-state index is 11.9. The molecule has 3 N–H and O–H groups in total. The molecule has 1 aromatic rings. The van der Waals surface area contributed by atoms with Gasteiger partial charge < -0.3 is 10.3 Å². The molecule has 7 heteroatoms. The molecule has 0 unspecified atom stereocenters. The molecule has 1 heterocycles. The summed E-state index contributed by atoms with van der Waals surface area (Å²) in [6.07, 6.45) is 4.08. The fraction of sp³-hybridized carbons (Fsp3) is 0.727. The van der Waals surface area contributed by atoms with Gasteiger partial charge in [-0.25, -0.2) is 18.1 Å². The van der Waals surface area contributed by atoms with Crippen molar-refractivity contribution in [3.8, 4) is 0 Å². The van der Waals surface area contributed by atoms with Gasteiger partial charge in [-0.1, -0.05) is 6.92 Å². The van der Waals surface area contributed by atoms with E-state index >= 15 is 0 Å². The lowest BCUT2D eigenvalue weighted by Crippen LogP contribution is -2.25. The first-order valence-corrected chi connectivity index (χ1v) is 7.73. The van der Waals surface area contributed by atoms with Crippen molar-refractivity contribution >= 4 is 10.0 Å². The molecule has 0 atom stereocenters. The Labute approximate surface area is 109 Å². The van der Waals surface area contributed by atoms with E-state index in [9.17, 15) is 8.42 Å². The third-order valence-corrected chi connectivity index (χ3v) is 3.95. The van der Waals surface area contributed by atoms with Crippen molar-refractivity contribution < 1.29 is 8.42 Å². The highest BCUT2D eigenvalue weighted by atomic mass is 32.2. The Morgan fingerprint density at radius 2 is 2.17 bits per heavy atom. The summed E-state index contributed by atoms with van der Waals surface area (Å²) in [7, 11) is -3.48. The average molecular weight is 274 g/mol. The molecule has 0 aliphatic heterocycles. The Morgan fingerprint density at radius 3 is 2.78 bits per heavy atom. The minimum absolute atomic E-state index is 0.0983. The number of imidazole rings is 1. The van der Waals surface area contributed by atoms with Crippen LogP contribution in [0.25, 0.3) is 0 Å². The number of nitrogens with one attached hydrogen (secondary N) is 1. The van der Waals surface area contributed by atoms with Crippen molar-refractivity contribution in [2.24, 2.45) is 5.73 Å². The van der Waals surface area contributed by atoms with E-state index in [2.05, 4.69) is 9.71 Å². The molecular weight excluding hydrogens is 252 g/mol. The number of rotatable bonds is 8. The second-order valence-corrected chi connectivity index (χ2v) is 5.93. The van der Waals surface area contributed by atoms with Crippen molar-refractivity contribution in [3.63, 3.8) is 0 Å². The third-order valence-electron chi connectivity index (χ3n) is 2.62. The lowest BCUT2D eigenvalue weighted by molar-refractivity contribution is 0.573. The van der Waals surface area contributed by atoms with Crippen LogP contribution < -0.4 is 10.5 Å². The molecule has 6 nitrogen and oxygen atoms in total. The molecule has 0 saturated heterocycles. The van der Waals surface area contributed by atoms with Crippen molar-refractivity contribution in [2.45, 2.75) is 44.7 Å². The third kappa shape index (κ3) is 4.08. The standard InChI is InChI=1S/C11H22N4O2S/c1-3-8-15-9-11(14-10(15)2)18(16,17)13-7-5-4-6-12/h9,13H,3-8,12H2,1-2H3. The van der Waals surface area contributed by atoms with Crippen LogP contribution >= 0.6 is 0 Å². The number of hydrogen-bond donors (Lipinski definition) is 2. The zero-order valence-electron chi connectivity index (χ0n) is 11.0. The van der Waals surface area contributed by atoms with Crippen LogP contribution in [0.1, 0.15) is 32.0 Å². The highest BCUT2D eigenvalue weighted by molar-refractivity contribution is 7.89. The maximum absolute atomic E-state index is 11.9. The number of nitrogens with two attached hydrogens (primary N) is 1. The predicted octanol–water partition coefficient (Wildman–Crippen LogP) is 0.619. The summed E-state index contributed by atoms with van der Waals surface area (Å²) in [6.45, 7) is 5.61. The van der Waals surface area contributed by atoms with Crippen LogP contribution in [-0.2, 0) is 16.6 Å². The maximum Gasteiger partial charge on any atom is 0.259 e.